The number of aromatic carboxylic acids is 1. The molecule has 0 saturated carbocycles. The SMILES string of the molecule is COc1cc(C=C(C)c2ccc(C(=O)O)cc2)ccc1OC(C)=O. The molecule has 124 valence electrons. The molecule has 5 heteroatoms. The summed E-state index contributed by atoms with van der Waals surface area (Å²) in [6, 6.07) is 11.9. The first-order valence-electron chi connectivity index (χ1n) is 7.29. The average molecular weight is 326 g/mol. The molecular formula is C19H18O5. The second kappa shape index (κ2) is 7.46. The predicted molar refractivity (Wildman–Crippen MR) is 91.2 cm³/mol. The molecule has 0 radical (unpaired) electrons. The van der Waals surface area contributed by atoms with Crippen LogP contribution in [-0.2, 0) is 4.79 Å². The van der Waals surface area contributed by atoms with Crippen molar-refractivity contribution in [3.63, 3.8) is 0 Å². The molecule has 0 fully saturated rings. The van der Waals surface area contributed by atoms with Crippen molar-refractivity contribution in [2.75, 3.05) is 7.11 Å². The van der Waals surface area contributed by atoms with Crippen LogP contribution in [0.2, 0.25) is 0 Å². The molecule has 0 heterocycles. The van der Waals surface area contributed by atoms with Crippen LogP contribution in [0.25, 0.3) is 11.6 Å². The number of methoxy groups -OCH3 is 1. The molecule has 0 unspecified atom stereocenters. The van der Waals surface area contributed by atoms with Gasteiger partial charge in [0.25, 0.3) is 0 Å². The molecule has 2 aromatic carbocycles. The van der Waals surface area contributed by atoms with E-state index in [1.165, 1.54) is 14.0 Å². The first kappa shape index (κ1) is 17.3. The quantitative estimate of drug-likeness (QED) is 0.513. The van der Waals surface area contributed by atoms with Gasteiger partial charge in [0.15, 0.2) is 11.5 Å². The van der Waals surface area contributed by atoms with Gasteiger partial charge in [0, 0.05) is 6.92 Å². The Kier molecular flexibility index (Phi) is 5.37. The van der Waals surface area contributed by atoms with Crippen molar-refractivity contribution in [1.82, 2.24) is 0 Å². The molecule has 0 atom stereocenters. The lowest BCUT2D eigenvalue weighted by Gasteiger charge is -2.09. The van der Waals surface area contributed by atoms with E-state index < -0.39 is 11.9 Å². The van der Waals surface area contributed by atoms with E-state index in [0.717, 1.165) is 16.7 Å². The third-order valence-corrected chi connectivity index (χ3v) is 3.41. The van der Waals surface area contributed by atoms with Gasteiger partial charge < -0.3 is 14.6 Å². The van der Waals surface area contributed by atoms with Crippen molar-refractivity contribution in [1.29, 1.82) is 0 Å². The summed E-state index contributed by atoms with van der Waals surface area (Å²) in [7, 11) is 1.51. The van der Waals surface area contributed by atoms with Crippen molar-refractivity contribution >= 4 is 23.6 Å². The van der Waals surface area contributed by atoms with Gasteiger partial charge >= 0.3 is 11.9 Å². The van der Waals surface area contributed by atoms with Crippen LogP contribution in [0.5, 0.6) is 11.5 Å². The molecule has 24 heavy (non-hydrogen) atoms. The zero-order valence-corrected chi connectivity index (χ0v) is 13.7. The van der Waals surface area contributed by atoms with Crippen LogP contribution >= 0.6 is 0 Å². The Balaban J connectivity index is 2.29. The van der Waals surface area contributed by atoms with Crippen LogP contribution in [0.4, 0.5) is 0 Å². The third kappa shape index (κ3) is 4.23. The van der Waals surface area contributed by atoms with Crippen molar-refractivity contribution < 1.29 is 24.2 Å². The largest absolute Gasteiger partial charge is 0.493 e. The van der Waals surface area contributed by atoms with E-state index in [4.69, 9.17) is 14.6 Å². The second-order valence-electron chi connectivity index (χ2n) is 5.21. The van der Waals surface area contributed by atoms with E-state index in [9.17, 15) is 9.59 Å². The topological polar surface area (TPSA) is 72.8 Å². The molecule has 0 amide bonds. The maximum Gasteiger partial charge on any atom is 0.335 e. The Morgan fingerprint density at radius 3 is 2.12 bits per heavy atom. The fourth-order valence-electron chi connectivity index (χ4n) is 2.22. The lowest BCUT2D eigenvalue weighted by Crippen LogP contribution is -2.03. The Labute approximate surface area is 140 Å². The molecule has 0 spiro atoms. The molecule has 0 saturated heterocycles. The molecule has 1 N–H and O–H groups in total. The lowest BCUT2D eigenvalue weighted by molar-refractivity contribution is -0.132. The van der Waals surface area contributed by atoms with Crippen molar-refractivity contribution in [3.05, 3.63) is 59.2 Å². The van der Waals surface area contributed by atoms with Gasteiger partial charge in [0.05, 0.1) is 12.7 Å². The smallest absolute Gasteiger partial charge is 0.335 e. The standard InChI is InChI=1S/C19H18O5/c1-12(15-5-7-16(8-6-15)19(21)22)10-14-4-9-17(24-13(2)20)18(11-14)23-3/h4-11H,1-3H3,(H,21,22). The maximum atomic E-state index is 11.1. The number of carboxylic acid groups (broad SMARTS) is 1. The zero-order valence-electron chi connectivity index (χ0n) is 13.7. The Morgan fingerprint density at radius 2 is 1.58 bits per heavy atom. The van der Waals surface area contributed by atoms with Crippen LogP contribution in [0.1, 0.15) is 35.3 Å². The molecule has 0 aliphatic heterocycles. The minimum Gasteiger partial charge on any atom is -0.493 e. The van der Waals surface area contributed by atoms with Gasteiger partial charge in [-0.25, -0.2) is 4.79 Å². The van der Waals surface area contributed by atoms with Crippen LogP contribution in [0, 0.1) is 0 Å². The number of ether oxygens (including phenoxy) is 2. The highest BCUT2D eigenvalue weighted by molar-refractivity contribution is 5.89. The van der Waals surface area contributed by atoms with Gasteiger partial charge in [-0.05, 0) is 47.9 Å². The highest BCUT2D eigenvalue weighted by Gasteiger charge is 2.08. The summed E-state index contributed by atoms with van der Waals surface area (Å²) in [6.07, 6.45) is 1.94. The minimum atomic E-state index is -0.950. The number of benzene rings is 2. The summed E-state index contributed by atoms with van der Waals surface area (Å²) >= 11 is 0. The summed E-state index contributed by atoms with van der Waals surface area (Å²) in [5.41, 5.74) is 3.01. The van der Waals surface area contributed by atoms with Crippen LogP contribution in [0.3, 0.4) is 0 Å². The molecule has 0 aromatic heterocycles. The fraction of sp³-hybridized carbons (Fsp3) is 0.158. The van der Waals surface area contributed by atoms with E-state index in [2.05, 4.69) is 0 Å². The number of allylic oxidation sites excluding steroid dienone is 1. The predicted octanol–water partition coefficient (Wildman–Crippen LogP) is 3.88. The first-order chi connectivity index (χ1) is 11.4. The summed E-state index contributed by atoms with van der Waals surface area (Å²) in [5.74, 6) is -0.529. The lowest BCUT2D eigenvalue weighted by atomic mass is 10.0. The van der Waals surface area contributed by atoms with E-state index in [1.807, 2.05) is 19.1 Å². The molecular weight excluding hydrogens is 308 g/mol. The molecule has 2 aromatic rings. The Hall–Kier alpha value is -3.08. The molecule has 0 bridgehead atoms. The van der Waals surface area contributed by atoms with E-state index in [-0.39, 0.29) is 5.56 Å². The van der Waals surface area contributed by atoms with Gasteiger partial charge in [-0.2, -0.15) is 0 Å². The molecule has 5 nitrogen and oxygen atoms in total. The number of esters is 1. The summed E-state index contributed by atoms with van der Waals surface area (Å²) in [6.45, 7) is 3.26. The number of carboxylic acids is 1. The van der Waals surface area contributed by atoms with Gasteiger partial charge in [0.2, 0.25) is 0 Å². The van der Waals surface area contributed by atoms with Crippen molar-refractivity contribution in [2.24, 2.45) is 0 Å². The third-order valence-electron chi connectivity index (χ3n) is 3.41. The fourth-order valence-corrected chi connectivity index (χ4v) is 2.22. The summed E-state index contributed by atoms with van der Waals surface area (Å²) < 4.78 is 10.3. The number of rotatable bonds is 5. The summed E-state index contributed by atoms with van der Waals surface area (Å²) in [4.78, 5) is 22.0. The monoisotopic (exact) mass is 326 g/mol. The van der Waals surface area contributed by atoms with E-state index >= 15 is 0 Å². The number of carbonyl (C=O) groups is 2. The van der Waals surface area contributed by atoms with Gasteiger partial charge in [-0.15, -0.1) is 0 Å². The molecule has 0 aliphatic rings. The number of hydrogen-bond acceptors (Lipinski definition) is 4. The molecule has 0 aliphatic carbocycles. The molecule has 2 rings (SSSR count). The zero-order chi connectivity index (χ0) is 17.7. The van der Waals surface area contributed by atoms with Crippen LogP contribution in [-0.4, -0.2) is 24.2 Å². The summed E-state index contributed by atoms with van der Waals surface area (Å²) in [5, 5.41) is 8.93. The Morgan fingerprint density at radius 1 is 0.958 bits per heavy atom. The van der Waals surface area contributed by atoms with Crippen LogP contribution in [0.15, 0.2) is 42.5 Å². The maximum absolute atomic E-state index is 11.1. The van der Waals surface area contributed by atoms with E-state index in [1.54, 1.807) is 36.4 Å². The highest BCUT2D eigenvalue weighted by Crippen LogP contribution is 2.30. The van der Waals surface area contributed by atoms with Crippen molar-refractivity contribution in [2.45, 2.75) is 13.8 Å². The highest BCUT2D eigenvalue weighted by atomic mass is 16.6. The van der Waals surface area contributed by atoms with Crippen LogP contribution < -0.4 is 9.47 Å². The Bertz CT molecular complexity index is 788. The second-order valence-corrected chi connectivity index (χ2v) is 5.21. The number of hydrogen-bond donors (Lipinski definition) is 1. The van der Waals surface area contributed by atoms with Gasteiger partial charge in [0.1, 0.15) is 0 Å². The van der Waals surface area contributed by atoms with E-state index in [0.29, 0.717) is 11.5 Å². The normalized spacial score (nSPS) is 11.0. The van der Waals surface area contributed by atoms with Gasteiger partial charge in [-0.3, -0.25) is 4.79 Å². The van der Waals surface area contributed by atoms with Gasteiger partial charge in [-0.1, -0.05) is 24.3 Å². The number of carbonyl (C=O) groups excluding carboxylic acids is 1. The van der Waals surface area contributed by atoms with Crippen molar-refractivity contribution in [3.8, 4) is 11.5 Å². The first-order valence-corrected chi connectivity index (χ1v) is 7.29. The average Bonchev–Trinajstić information content (AvgIpc) is 2.55. The minimum absolute atomic E-state index is 0.249.